The zero-order chi connectivity index (χ0) is 19.5. The average molecular weight is 432 g/mol. The van der Waals surface area contributed by atoms with Gasteiger partial charge in [0.2, 0.25) is 9.84 Å². The number of sulfone groups is 1. The molecular formula is C17H15Cl2NO4S2. The van der Waals surface area contributed by atoms with Crippen LogP contribution in [0.25, 0.3) is 0 Å². The molecule has 0 saturated carbocycles. The van der Waals surface area contributed by atoms with Crippen LogP contribution in [-0.4, -0.2) is 24.7 Å². The minimum absolute atomic E-state index is 0.104. The van der Waals surface area contributed by atoms with Gasteiger partial charge in [0, 0.05) is 21.2 Å². The van der Waals surface area contributed by atoms with Crippen LogP contribution in [0.4, 0.5) is 0 Å². The summed E-state index contributed by atoms with van der Waals surface area (Å²) < 4.78 is 42.0. The maximum Gasteiger partial charge on any atom is 0.211 e. The normalized spacial score (nSPS) is 14.5. The van der Waals surface area contributed by atoms with E-state index in [2.05, 4.69) is 4.36 Å². The molecule has 0 saturated heterocycles. The number of hydrogen-bond donors (Lipinski definition) is 0. The first-order valence-corrected chi connectivity index (χ1v) is 11.4. The summed E-state index contributed by atoms with van der Waals surface area (Å²) in [6.45, 7) is 1.11. The van der Waals surface area contributed by atoms with Crippen molar-refractivity contribution >= 4 is 48.6 Å². The molecule has 9 heteroatoms. The molecule has 0 aliphatic heterocycles. The van der Waals surface area contributed by atoms with E-state index in [0.29, 0.717) is 14.9 Å². The Labute approximate surface area is 162 Å². The van der Waals surface area contributed by atoms with Gasteiger partial charge in [-0.3, -0.25) is 4.79 Å². The van der Waals surface area contributed by atoms with Gasteiger partial charge >= 0.3 is 0 Å². The molecule has 1 unspecified atom stereocenters. The van der Waals surface area contributed by atoms with Gasteiger partial charge in [0.1, 0.15) is 4.91 Å². The second-order valence-electron chi connectivity index (χ2n) is 5.37. The summed E-state index contributed by atoms with van der Waals surface area (Å²) in [5, 5.41) is 0.829. The Bertz CT molecular complexity index is 1080. The van der Waals surface area contributed by atoms with Crippen molar-refractivity contribution in [3.05, 3.63) is 69.7 Å². The van der Waals surface area contributed by atoms with E-state index in [-0.39, 0.29) is 4.90 Å². The van der Waals surface area contributed by atoms with Gasteiger partial charge in [0.05, 0.1) is 20.8 Å². The number of nitrogens with zero attached hydrogens (tertiary/aromatic N) is 1. The lowest BCUT2D eigenvalue weighted by Crippen LogP contribution is -2.11. The molecule has 0 aliphatic rings. The molecule has 1 atom stereocenters. The van der Waals surface area contributed by atoms with Gasteiger partial charge in [-0.15, -0.1) is 0 Å². The van der Waals surface area contributed by atoms with E-state index < -0.39 is 30.3 Å². The third-order valence-corrected chi connectivity index (χ3v) is 7.41. The molecule has 0 radical (unpaired) electrons. The zero-order valence-electron chi connectivity index (χ0n) is 13.8. The maximum atomic E-state index is 12.8. The Balaban J connectivity index is 2.56. The highest BCUT2D eigenvalue weighted by Crippen LogP contribution is 2.23. The van der Waals surface area contributed by atoms with Crippen LogP contribution in [-0.2, 0) is 24.4 Å². The topological polar surface area (TPSA) is 80.6 Å². The first-order valence-electron chi connectivity index (χ1n) is 7.22. The molecule has 2 aromatic rings. The molecule has 0 fully saturated rings. The number of allylic oxidation sites excluding steroid dienone is 1. The van der Waals surface area contributed by atoms with E-state index in [1.807, 2.05) is 0 Å². The van der Waals surface area contributed by atoms with Crippen LogP contribution < -0.4 is 0 Å². The minimum atomic E-state index is -4.12. The largest absolute Gasteiger partial charge is 0.294 e. The Kier molecular flexibility index (Phi) is 6.29. The summed E-state index contributed by atoms with van der Waals surface area (Å²) in [6, 6.07) is 11.5. The van der Waals surface area contributed by atoms with Gasteiger partial charge in [0.15, 0.2) is 5.78 Å². The fourth-order valence-corrected chi connectivity index (χ4v) is 4.69. The molecule has 0 bridgehead atoms. The fourth-order valence-electron chi connectivity index (χ4n) is 1.99. The smallest absolute Gasteiger partial charge is 0.211 e. The first kappa shape index (κ1) is 20.6. The van der Waals surface area contributed by atoms with Crippen molar-refractivity contribution < 1.29 is 17.4 Å². The molecule has 5 nitrogen and oxygen atoms in total. The van der Waals surface area contributed by atoms with Gasteiger partial charge in [0.25, 0.3) is 0 Å². The molecule has 0 N–H and O–H groups in total. The van der Waals surface area contributed by atoms with Crippen molar-refractivity contribution in [2.75, 3.05) is 6.26 Å². The summed E-state index contributed by atoms with van der Waals surface area (Å²) in [6.07, 6.45) is 2.20. The minimum Gasteiger partial charge on any atom is -0.294 e. The molecular weight excluding hydrogens is 417 g/mol. The van der Waals surface area contributed by atoms with Crippen molar-refractivity contribution in [2.24, 2.45) is 4.36 Å². The average Bonchev–Trinajstić information content (AvgIpc) is 2.55. The fraction of sp³-hybridized carbons (Fsp3) is 0.118. The van der Waals surface area contributed by atoms with Gasteiger partial charge < -0.3 is 0 Å². The molecule has 2 aromatic carbocycles. The van der Waals surface area contributed by atoms with E-state index in [1.165, 1.54) is 42.7 Å². The van der Waals surface area contributed by atoms with Crippen LogP contribution in [0.2, 0.25) is 10.0 Å². The number of carbonyl (C=O) groups is 1. The summed E-state index contributed by atoms with van der Waals surface area (Å²) in [7, 11) is -7.07. The second kappa shape index (κ2) is 7.92. The van der Waals surface area contributed by atoms with Gasteiger partial charge in [-0.25, -0.2) is 17.0 Å². The highest BCUT2D eigenvalue weighted by Gasteiger charge is 2.24. The van der Waals surface area contributed by atoms with Crippen molar-refractivity contribution in [1.82, 2.24) is 0 Å². The third kappa shape index (κ3) is 4.73. The van der Waals surface area contributed by atoms with Crippen LogP contribution in [0.3, 0.4) is 0 Å². The number of benzene rings is 2. The Hall–Kier alpha value is -1.67. The first-order chi connectivity index (χ1) is 12.0. The third-order valence-electron chi connectivity index (χ3n) is 3.38. The number of hydrogen-bond acceptors (Lipinski definition) is 5. The van der Waals surface area contributed by atoms with E-state index in [1.54, 1.807) is 12.1 Å². The zero-order valence-corrected chi connectivity index (χ0v) is 17.0. The molecule has 0 heterocycles. The Morgan fingerprint density at radius 3 is 1.73 bits per heavy atom. The molecule has 0 aromatic heterocycles. The standard InChI is InChI=1S/C17H15Cl2NO4S2/c1-12(21)17(26(23,24)16-9-5-14(19)6-10-16)11-20-25(2,22)15-7-3-13(18)4-8-15/h3-11H,1-2H3. The van der Waals surface area contributed by atoms with Crippen molar-refractivity contribution in [3.63, 3.8) is 0 Å². The van der Waals surface area contributed by atoms with E-state index in [4.69, 9.17) is 23.2 Å². The van der Waals surface area contributed by atoms with Gasteiger partial charge in [-0.1, -0.05) is 23.2 Å². The van der Waals surface area contributed by atoms with E-state index in [9.17, 15) is 17.4 Å². The molecule has 0 amide bonds. The second-order valence-corrected chi connectivity index (χ2v) is 10.4. The highest BCUT2D eigenvalue weighted by atomic mass is 35.5. The summed E-state index contributed by atoms with van der Waals surface area (Å²) in [5.41, 5.74) is 0. The number of rotatable bonds is 5. The Morgan fingerprint density at radius 1 is 0.885 bits per heavy atom. The number of carbonyl (C=O) groups excluding carboxylic acids is 1. The lowest BCUT2D eigenvalue weighted by atomic mass is 10.4. The summed E-state index contributed by atoms with van der Waals surface area (Å²) >= 11 is 11.6. The van der Waals surface area contributed by atoms with Crippen LogP contribution in [0.5, 0.6) is 0 Å². The molecule has 138 valence electrons. The van der Waals surface area contributed by atoms with Gasteiger partial charge in [-0.2, -0.15) is 0 Å². The van der Waals surface area contributed by atoms with Crippen LogP contribution >= 0.6 is 23.2 Å². The lowest BCUT2D eigenvalue weighted by molar-refractivity contribution is -0.113. The lowest BCUT2D eigenvalue weighted by Gasteiger charge is -2.07. The number of halogens is 2. The quantitative estimate of drug-likeness (QED) is 0.658. The van der Waals surface area contributed by atoms with Crippen molar-refractivity contribution in [1.29, 1.82) is 0 Å². The predicted octanol–water partition coefficient (Wildman–Crippen LogP) is 4.35. The maximum absolute atomic E-state index is 12.8. The van der Waals surface area contributed by atoms with Crippen LogP contribution in [0.1, 0.15) is 6.92 Å². The Morgan fingerprint density at radius 2 is 1.31 bits per heavy atom. The monoisotopic (exact) mass is 431 g/mol. The summed E-state index contributed by atoms with van der Waals surface area (Å²) in [5.74, 6) is -0.713. The van der Waals surface area contributed by atoms with E-state index >= 15 is 0 Å². The van der Waals surface area contributed by atoms with Crippen molar-refractivity contribution in [2.45, 2.75) is 16.7 Å². The molecule has 26 heavy (non-hydrogen) atoms. The van der Waals surface area contributed by atoms with Gasteiger partial charge in [-0.05, 0) is 55.5 Å². The predicted molar refractivity (Wildman–Crippen MR) is 104 cm³/mol. The van der Waals surface area contributed by atoms with E-state index in [0.717, 1.165) is 13.1 Å². The molecule has 0 aliphatic carbocycles. The van der Waals surface area contributed by atoms with Crippen LogP contribution in [0, 0.1) is 0 Å². The SMILES string of the molecule is CC(=O)C(=CN=S(C)(=O)c1ccc(Cl)cc1)S(=O)(=O)c1ccc(Cl)cc1. The molecule has 0 spiro atoms. The highest BCUT2D eigenvalue weighted by molar-refractivity contribution is 7.96. The molecule has 2 rings (SSSR count). The van der Waals surface area contributed by atoms with Crippen molar-refractivity contribution in [3.8, 4) is 0 Å². The van der Waals surface area contributed by atoms with Crippen LogP contribution in [0.15, 0.2) is 73.8 Å². The number of ketones is 1. The summed E-state index contributed by atoms with van der Waals surface area (Å²) in [4.78, 5) is 11.6. The number of Topliss-reactive ketones (excluding diaryl/α,β-unsaturated/α-hetero) is 1.